The van der Waals surface area contributed by atoms with E-state index >= 15 is 0 Å². The first-order valence-electron chi connectivity index (χ1n) is 4.45. The van der Waals surface area contributed by atoms with Crippen LogP contribution >= 0.6 is 11.3 Å². The quantitative estimate of drug-likeness (QED) is 0.559. The van der Waals surface area contributed by atoms with Crippen molar-refractivity contribution in [1.29, 1.82) is 0 Å². The summed E-state index contributed by atoms with van der Waals surface area (Å²) in [5.74, 6) is 0. The molecule has 5 heteroatoms. The number of unbranched alkanes of at least 4 members (excludes halogenated alkanes) is 1. The third-order valence-corrected chi connectivity index (χ3v) is 3.23. The van der Waals surface area contributed by atoms with Crippen molar-refractivity contribution < 1.29 is 12.6 Å². The topological polar surface area (TPSA) is 43.4 Å². The third kappa shape index (κ3) is 5.36. The van der Waals surface area contributed by atoms with Gasteiger partial charge in [-0.25, -0.2) is 0 Å². The second-order valence-electron chi connectivity index (χ2n) is 3.06. The second kappa shape index (κ2) is 5.48. The number of rotatable bonds is 6. The zero-order valence-electron chi connectivity index (χ0n) is 8.10. The lowest BCUT2D eigenvalue weighted by atomic mass is 10.2. The molecule has 0 atom stereocenters. The Labute approximate surface area is 88.8 Å². The molecule has 0 aromatic carbocycles. The SMILES string of the molecule is CS(=O)(=O)OCCCCc1cccs1. The molecule has 0 fully saturated rings. The summed E-state index contributed by atoms with van der Waals surface area (Å²) in [5, 5.41) is 2.04. The lowest BCUT2D eigenvalue weighted by Crippen LogP contribution is -2.04. The van der Waals surface area contributed by atoms with E-state index in [9.17, 15) is 8.42 Å². The Balaban J connectivity index is 2.06. The molecule has 80 valence electrons. The summed E-state index contributed by atoms with van der Waals surface area (Å²) in [7, 11) is -3.26. The molecule has 0 aliphatic carbocycles. The molecule has 1 aromatic rings. The molecular formula is C9H14O3S2. The van der Waals surface area contributed by atoms with Crippen molar-refractivity contribution >= 4 is 21.5 Å². The van der Waals surface area contributed by atoms with Gasteiger partial charge in [0, 0.05) is 4.88 Å². The van der Waals surface area contributed by atoms with Crippen LogP contribution in [0.1, 0.15) is 17.7 Å². The van der Waals surface area contributed by atoms with Gasteiger partial charge in [0.1, 0.15) is 0 Å². The molecule has 0 amide bonds. The van der Waals surface area contributed by atoms with Crippen LogP contribution in [0.15, 0.2) is 17.5 Å². The molecule has 0 spiro atoms. The van der Waals surface area contributed by atoms with Crippen molar-refractivity contribution in [2.75, 3.05) is 12.9 Å². The van der Waals surface area contributed by atoms with Gasteiger partial charge in [0.05, 0.1) is 12.9 Å². The first-order chi connectivity index (χ1) is 6.58. The normalized spacial score (nSPS) is 11.8. The molecule has 0 unspecified atom stereocenters. The number of aryl methyl sites for hydroxylation is 1. The molecule has 0 bridgehead atoms. The largest absolute Gasteiger partial charge is 0.270 e. The summed E-state index contributed by atoms with van der Waals surface area (Å²) in [5.41, 5.74) is 0. The van der Waals surface area contributed by atoms with Gasteiger partial charge >= 0.3 is 0 Å². The molecule has 0 saturated heterocycles. The predicted octanol–water partition coefficient (Wildman–Crippen LogP) is 2.05. The van der Waals surface area contributed by atoms with E-state index in [0.29, 0.717) is 6.61 Å². The van der Waals surface area contributed by atoms with E-state index in [4.69, 9.17) is 0 Å². The number of hydrogen-bond donors (Lipinski definition) is 0. The Hall–Kier alpha value is -0.390. The fourth-order valence-electron chi connectivity index (χ4n) is 1.07. The summed E-state index contributed by atoms with van der Waals surface area (Å²) in [6.45, 7) is 0.296. The fraction of sp³-hybridized carbons (Fsp3) is 0.556. The van der Waals surface area contributed by atoms with Gasteiger partial charge in [-0.3, -0.25) is 4.18 Å². The van der Waals surface area contributed by atoms with Crippen molar-refractivity contribution in [3.05, 3.63) is 22.4 Å². The van der Waals surface area contributed by atoms with Gasteiger partial charge < -0.3 is 0 Å². The Morgan fingerprint density at radius 1 is 1.43 bits per heavy atom. The second-order valence-corrected chi connectivity index (χ2v) is 5.74. The van der Waals surface area contributed by atoms with Crippen molar-refractivity contribution in [3.63, 3.8) is 0 Å². The van der Waals surface area contributed by atoms with Crippen LogP contribution in [-0.2, 0) is 20.7 Å². The summed E-state index contributed by atoms with van der Waals surface area (Å²) in [4.78, 5) is 1.34. The lowest BCUT2D eigenvalue weighted by molar-refractivity contribution is 0.312. The highest BCUT2D eigenvalue weighted by molar-refractivity contribution is 7.85. The monoisotopic (exact) mass is 234 g/mol. The van der Waals surface area contributed by atoms with Crippen molar-refractivity contribution in [2.45, 2.75) is 19.3 Å². The lowest BCUT2D eigenvalue weighted by Gasteiger charge is -2.00. The smallest absolute Gasteiger partial charge is 0.264 e. The van der Waals surface area contributed by atoms with E-state index in [0.717, 1.165) is 25.5 Å². The van der Waals surface area contributed by atoms with Crippen LogP contribution in [0.2, 0.25) is 0 Å². The first-order valence-corrected chi connectivity index (χ1v) is 7.14. The zero-order valence-corrected chi connectivity index (χ0v) is 9.73. The summed E-state index contributed by atoms with van der Waals surface area (Å²) >= 11 is 1.73. The Kier molecular flexibility index (Phi) is 4.57. The van der Waals surface area contributed by atoms with Gasteiger partial charge in [0.25, 0.3) is 10.1 Å². The minimum absolute atomic E-state index is 0.296. The van der Waals surface area contributed by atoms with Gasteiger partial charge in [-0.05, 0) is 30.7 Å². The molecule has 1 aromatic heterocycles. The van der Waals surface area contributed by atoms with E-state index in [-0.39, 0.29) is 0 Å². The highest BCUT2D eigenvalue weighted by atomic mass is 32.2. The van der Waals surface area contributed by atoms with Crippen LogP contribution in [0.4, 0.5) is 0 Å². The Bertz CT molecular complexity index is 340. The average molecular weight is 234 g/mol. The van der Waals surface area contributed by atoms with E-state index in [2.05, 4.69) is 10.2 Å². The van der Waals surface area contributed by atoms with Gasteiger partial charge in [0.2, 0.25) is 0 Å². The van der Waals surface area contributed by atoms with E-state index in [1.165, 1.54) is 4.88 Å². The van der Waals surface area contributed by atoms with Gasteiger partial charge in [-0.1, -0.05) is 6.07 Å². The molecular weight excluding hydrogens is 220 g/mol. The maximum absolute atomic E-state index is 10.6. The summed E-state index contributed by atoms with van der Waals surface area (Å²) < 4.78 is 25.8. The van der Waals surface area contributed by atoms with Crippen LogP contribution in [0.3, 0.4) is 0 Å². The number of hydrogen-bond acceptors (Lipinski definition) is 4. The van der Waals surface area contributed by atoms with Gasteiger partial charge in [0.15, 0.2) is 0 Å². The molecule has 0 saturated carbocycles. The third-order valence-electron chi connectivity index (χ3n) is 1.70. The molecule has 0 N–H and O–H groups in total. The van der Waals surface area contributed by atoms with Gasteiger partial charge in [-0.2, -0.15) is 8.42 Å². The van der Waals surface area contributed by atoms with Crippen molar-refractivity contribution in [1.82, 2.24) is 0 Å². The highest BCUT2D eigenvalue weighted by Gasteiger charge is 2.00. The molecule has 1 rings (SSSR count). The minimum Gasteiger partial charge on any atom is -0.270 e. The Morgan fingerprint density at radius 2 is 2.21 bits per heavy atom. The first kappa shape index (κ1) is 11.7. The predicted molar refractivity (Wildman–Crippen MR) is 58.1 cm³/mol. The van der Waals surface area contributed by atoms with Crippen LogP contribution < -0.4 is 0 Å². The molecule has 1 heterocycles. The molecule has 0 radical (unpaired) electrons. The molecule has 3 nitrogen and oxygen atoms in total. The van der Waals surface area contributed by atoms with Gasteiger partial charge in [-0.15, -0.1) is 11.3 Å². The zero-order chi connectivity index (χ0) is 10.4. The molecule has 0 aliphatic heterocycles. The minimum atomic E-state index is -3.26. The average Bonchev–Trinajstić information content (AvgIpc) is 2.54. The summed E-state index contributed by atoms with van der Waals surface area (Å²) in [6, 6.07) is 4.11. The van der Waals surface area contributed by atoms with Crippen LogP contribution in [0, 0.1) is 0 Å². The summed E-state index contributed by atoms with van der Waals surface area (Å²) in [6.07, 6.45) is 3.83. The van der Waals surface area contributed by atoms with Crippen molar-refractivity contribution in [2.24, 2.45) is 0 Å². The molecule has 0 aliphatic rings. The van der Waals surface area contributed by atoms with E-state index in [1.54, 1.807) is 11.3 Å². The maximum atomic E-state index is 10.6. The van der Waals surface area contributed by atoms with Crippen LogP contribution in [0.25, 0.3) is 0 Å². The van der Waals surface area contributed by atoms with E-state index < -0.39 is 10.1 Å². The standard InChI is InChI=1S/C9H14O3S2/c1-14(10,11)12-7-3-2-5-9-6-4-8-13-9/h4,6,8H,2-3,5,7H2,1H3. The van der Waals surface area contributed by atoms with Crippen molar-refractivity contribution in [3.8, 4) is 0 Å². The number of thiophene rings is 1. The Morgan fingerprint density at radius 3 is 2.79 bits per heavy atom. The van der Waals surface area contributed by atoms with E-state index in [1.807, 2.05) is 11.4 Å². The molecule has 14 heavy (non-hydrogen) atoms. The van der Waals surface area contributed by atoms with Crippen LogP contribution in [0.5, 0.6) is 0 Å². The fourth-order valence-corrected chi connectivity index (χ4v) is 2.24. The van der Waals surface area contributed by atoms with Crippen LogP contribution in [-0.4, -0.2) is 21.3 Å². The highest BCUT2D eigenvalue weighted by Crippen LogP contribution is 2.11. The maximum Gasteiger partial charge on any atom is 0.264 e.